The Labute approximate surface area is 129 Å². The molecule has 2 rings (SSSR count). The van der Waals surface area contributed by atoms with E-state index in [1.165, 1.54) is 11.8 Å². The van der Waals surface area contributed by atoms with Crippen LogP contribution in [0.3, 0.4) is 0 Å². The summed E-state index contributed by atoms with van der Waals surface area (Å²) in [4.78, 5) is 12.2. The molecule has 0 saturated carbocycles. The zero-order valence-corrected chi connectivity index (χ0v) is 13.1. The molecule has 0 amide bonds. The first-order valence-corrected chi connectivity index (χ1v) is 8.06. The fourth-order valence-electron chi connectivity index (χ4n) is 2.01. The molecule has 0 aromatic heterocycles. The number of ether oxygens (including phenoxy) is 2. The second-order valence-electron chi connectivity index (χ2n) is 5.18. The van der Waals surface area contributed by atoms with Gasteiger partial charge in [0.15, 0.2) is 11.5 Å². The van der Waals surface area contributed by atoms with Gasteiger partial charge in [-0.2, -0.15) is 0 Å². The molecule has 5 nitrogen and oxygen atoms in total. The molecule has 1 atom stereocenters. The van der Waals surface area contributed by atoms with E-state index in [1.54, 1.807) is 0 Å². The van der Waals surface area contributed by atoms with Crippen LogP contribution >= 0.6 is 11.8 Å². The highest BCUT2D eigenvalue weighted by atomic mass is 32.2. The fraction of sp³-hybridized carbons (Fsp3) is 0.533. The normalized spacial score (nSPS) is 15.6. The lowest BCUT2D eigenvalue weighted by Gasteiger charge is -2.17. The second kappa shape index (κ2) is 7.56. The molecule has 1 aromatic carbocycles. The number of benzene rings is 1. The van der Waals surface area contributed by atoms with Crippen molar-refractivity contribution in [2.24, 2.45) is 0 Å². The number of carbonyl (C=O) groups is 1. The topological polar surface area (TPSA) is 67.8 Å². The zero-order chi connectivity index (χ0) is 15.2. The third-order valence-corrected chi connectivity index (χ3v) is 4.06. The summed E-state index contributed by atoms with van der Waals surface area (Å²) in [6.07, 6.45) is 0.872. The van der Waals surface area contributed by atoms with E-state index in [0.29, 0.717) is 19.0 Å². The molecule has 2 N–H and O–H groups in total. The monoisotopic (exact) mass is 311 g/mol. The van der Waals surface area contributed by atoms with Gasteiger partial charge in [0.05, 0.1) is 13.2 Å². The van der Waals surface area contributed by atoms with E-state index in [1.807, 2.05) is 32.0 Å². The zero-order valence-electron chi connectivity index (χ0n) is 12.3. The van der Waals surface area contributed by atoms with Crippen molar-refractivity contribution < 1.29 is 19.4 Å². The van der Waals surface area contributed by atoms with E-state index in [4.69, 9.17) is 9.47 Å². The van der Waals surface area contributed by atoms with Crippen molar-refractivity contribution in [2.45, 2.75) is 37.2 Å². The van der Waals surface area contributed by atoms with Crippen LogP contribution in [0.1, 0.15) is 20.3 Å². The predicted molar refractivity (Wildman–Crippen MR) is 82.5 cm³/mol. The van der Waals surface area contributed by atoms with Gasteiger partial charge in [-0.05, 0) is 18.2 Å². The maximum absolute atomic E-state index is 11.2. The average molecular weight is 311 g/mol. The van der Waals surface area contributed by atoms with Crippen LogP contribution in [0.4, 0.5) is 0 Å². The van der Waals surface area contributed by atoms with Gasteiger partial charge in [0, 0.05) is 23.1 Å². The molecule has 0 bridgehead atoms. The smallest absolute Gasteiger partial charge is 0.321 e. The number of fused-ring (bicyclic) bond motifs is 1. The molecule has 0 radical (unpaired) electrons. The molecule has 0 fully saturated rings. The Balaban J connectivity index is 1.99. The maximum Gasteiger partial charge on any atom is 0.321 e. The standard InChI is InChI=1S/C15H21NO4S/c1-10(2)16-12(15(17)18)9-21-11-4-5-13-14(8-11)20-7-3-6-19-13/h4-5,8,10,12,16H,3,6-7,9H2,1-2H3,(H,17,18). The third kappa shape index (κ3) is 4.82. The Morgan fingerprint density at radius 1 is 1.33 bits per heavy atom. The van der Waals surface area contributed by atoms with Crippen molar-refractivity contribution in [3.05, 3.63) is 18.2 Å². The Bertz CT molecular complexity index is 493. The largest absolute Gasteiger partial charge is 0.490 e. The van der Waals surface area contributed by atoms with Gasteiger partial charge in [-0.1, -0.05) is 13.8 Å². The van der Waals surface area contributed by atoms with Crippen molar-refractivity contribution >= 4 is 17.7 Å². The van der Waals surface area contributed by atoms with Crippen LogP contribution in [-0.2, 0) is 4.79 Å². The Morgan fingerprint density at radius 2 is 2.05 bits per heavy atom. The van der Waals surface area contributed by atoms with Gasteiger partial charge in [-0.15, -0.1) is 11.8 Å². The quantitative estimate of drug-likeness (QED) is 0.786. The number of hydrogen-bond donors (Lipinski definition) is 2. The van der Waals surface area contributed by atoms with E-state index in [2.05, 4.69) is 5.32 Å². The minimum absolute atomic E-state index is 0.135. The Hall–Kier alpha value is -1.40. The van der Waals surface area contributed by atoms with E-state index in [9.17, 15) is 9.90 Å². The van der Waals surface area contributed by atoms with E-state index >= 15 is 0 Å². The highest BCUT2D eigenvalue weighted by Gasteiger charge is 2.19. The van der Waals surface area contributed by atoms with E-state index in [-0.39, 0.29) is 6.04 Å². The molecule has 1 heterocycles. The van der Waals surface area contributed by atoms with E-state index < -0.39 is 12.0 Å². The summed E-state index contributed by atoms with van der Waals surface area (Å²) in [6.45, 7) is 5.19. The lowest BCUT2D eigenvalue weighted by Crippen LogP contribution is -2.42. The van der Waals surface area contributed by atoms with Crippen molar-refractivity contribution in [3.8, 4) is 11.5 Å². The molecule has 0 spiro atoms. The highest BCUT2D eigenvalue weighted by Crippen LogP contribution is 2.34. The number of thioether (sulfide) groups is 1. The molecule has 6 heteroatoms. The average Bonchev–Trinajstić information content (AvgIpc) is 2.67. The second-order valence-corrected chi connectivity index (χ2v) is 6.28. The molecule has 1 unspecified atom stereocenters. The maximum atomic E-state index is 11.2. The summed E-state index contributed by atoms with van der Waals surface area (Å²) >= 11 is 1.50. The Kier molecular flexibility index (Phi) is 5.76. The number of aliphatic carboxylic acids is 1. The SMILES string of the molecule is CC(C)NC(CSc1ccc2c(c1)OCCCO2)C(=O)O. The fourth-order valence-corrected chi connectivity index (χ4v) is 2.96. The van der Waals surface area contributed by atoms with E-state index in [0.717, 1.165) is 22.8 Å². The van der Waals surface area contributed by atoms with Crippen LogP contribution in [0.25, 0.3) is 0 Å². The van der Waals surface area contributed by atoms with Gasteiger partial charge < -0.3 is 19.9 Å². The summed E-state index contributed by atoms with van der Waals surface area (Å²) < 4.78 is 11.2. The molecular formula is C15H21NO4S. The molecule has 1 aromatic rings. The van der Waals surface area contributed by atoms with Gasteiger partial charge in [-0.3, -0.25) is 4.79 Å². The predicted octanol–water partition coefficient (Wildman–Crippen LogP) is 2.39. The first-order chi connectivity index (χ1) is 10.1. The molecule has 116 valence electrons. The first-order valence-electron chi connectivity index (χ1n) is 7.07. The van der Waals surface area contributed by atoms with Crippen LogP contribution < -0.4 is 14.8 Å². The van der Waals surface area contributed by atoms with Crippen molar-refractivity contribution in [1.82, 2.24) is 5.32 Å². The number of rotatable bonds is 6. The van der Waals surface area contributed by atoms with Crippen LogP contribution in [0.2, 0.25) is 0 Å². The highest BCUT2D eigenvalue weighted by molar-refractivity contribution is 7.99. The molecular weight excluding hydrogens is 290 g/mol. The van der Waals surface area contributed by atoms with Crippen LogP contribution in [0, 0.1) is 0 Å². The van der Waals surface area contributed by atoms with Crippen molar-refractivity contribution in [1.29, 1.82) is 0 Å². The Morgan fingerprint density at radius 3 is 2.71 bits per heavy atom. The van der Waals surface area contributed by atoms with Gasteiger partial charge in [0.25, 0.3) is 0 Å². The van der Waals surface area contributed by atoms with Crippen LogP contribution in [-0.4, -0.2) is 42.1 Å². The summed E-state index contributed by atoms with van der Waals surface area (Å²) in [5.74, 6) is 1.13. The number of carboxylic acid groups (broad SMARTS) is 1. The van der Waals surface area contributed by atoms with Crippen molar-refractivity contribution in [2.75, 3.05) is 19.0 Å². The summed E-state index contributed by atoms with van der Waals surface area (Å²) in [6, 6.07) is 5.31. The number of carboxylic acids is 1. The number of hydrogen-bond acceptors (Lipinski definition) is 5. The van der Waals surface area contributed by atoms with Gasteiger partial charge in [-0.25, -0.2) is 0 Å². The molecule has 1 aliphatic heterocycles. The first kappa shape index (κ1) is 16.0. The molecule has 0 saturated heterocycles. The minimum Gasteiger partial charge on any atom is -0.490 e. The third-order valence-electron chi connectivity index (χ3n) is 2.97. The lowest BCUT2D eigenvalue weighted by molar-refractivity contribution is -0.139. The lowest BCUT2D eigenvalue weighted by atomic mass is 10.3. The van der Waals surface area contributed by atoms with Gasteiger partial charge in [0.2, 0.25) is 0 Å². The summed E-state index contributed by atoms with van der Waals surface area (Å²) in [5, 5.41) is 12.3. The van der Waals surface area contributed by atoms with Crippen LogP contribution in [0.15, 0.2) is 23.1 Å². The summed E-state index contributed by atoms with van der Waals surface area (Å²) in [7, 11) is 0. The molecule has 1 aliphatic rings. The van der Waals surface area contributed by atoms with Crippen molar-refractivity contribution in [3.63, 3.8) is 0 Å². The molecule has 0 aliphatic carbocycles. The summed E-state index contributed by atoms with van der Waals surface area (Å²) in [5.41, 5.74) is 0. The van der Waals surface area contributed by atoms with Crippen LogP contribution in [0.5, 0.6) is 11.5 Å². The number of nitrogens with one attached hydrogen (secondary N) is 1. The van der Waals surface area contributed by atoms with Gasteiger partial charge in [0.1, 0.15) is 6.04 Å². The minimum atomic E-state index is -0.828. The molecule has 21 heavy (non-hydrogen) atoms. The van der Waals surface area contributed by atoms with Gasteiger partial charge >= 0.3 is 5.97 Å².